The lowest BCUT2D eigenvalue weighted by Gasteiger charge is -2.05. The Morgan fingerprint density at radius 1 is 1.43 bits per heavy atom. The van der Waals surface area contributed by atoms with E-state index in [1.54, 1.807) is 4.90 Å². The summed E-state index contributed by atoms with van der Waals surface area (Å²) in [5.41, 5.74) is 5.74. The van der Waals surface area contributed by atoms with E-state index < -0.39 is 0 Å². The highest BCUT2D eigenvalue weighted by Crippen LogP contribution is 2.26. The van der Waals surface area contributed by atoms with Crippen molar-refractivity contribution in [2.24, 2.45) is 0 Å². The van der Waals surface area contributed by atoms with Gasteiger partial charge in [0.2, 0.25) is 5.91 Å². The SMILES string of the molecule is CN(C)c1nc(N)c(C(=O)NCCCC(=O)NC2CC2)s1. The van der Waals surface area contributed by atoms with E-state index in [0.717, 1.165) is 12.8 Å². The summed E-state index contributed by atoms with van der Waals surface area (Å²) >= 11 is 1.26. The Bertz CT molecular complexity index is 525. The zero-order valence-electron chi connectivity index (χ0n) is 12.3. The molecule has 1 aliphatic rings. The van der Waals surface area contributed by atoms with Crippen LogP contribution in [0.25, 0.3) is 0 Å². The Kier molecular flexibility index (Phi) is 5.00. The molecule has 7 nitrogen and oxygen atoms in total. The molecule has 1 aliphatic carbocycles. The largest absolute Gasteiger partial charge is 0.382 e. The molecule has 0 saturated heterocycles. The minimum Gasteiger partial charge on any atom is -0.382 e. The van der Waals surface area contributed by atoms with Gasteiger partial charge in [0.15, 0.2) is 5.13 Å². The van der Waals surface area contributed by atoms with Gasteiger partial charge in [0.25, 0.3) is 5.91 Å². The van der Waals surface area contributed by atoms with Crippen LogP contribution in [0.5, 0.6) is 0 Å². The van der Waals surface area contributed by atoms with Gasteiger partial charge in [0.05, 0.1) is 0 Å². The third kappa shape index (κ3) is 4.59. The molecule has 116 valence electrons. The zero-order chi connectivity index (χ0) is 15.4. The predicted octanol–water partition coefficient (Wildman–Crippen LogP) is 0.580. The van der Waals surface area contributed by atoms with E-state index in [2.05, 4.69) is 15.6 Å². The summed E-state index contributed by atoms with van der Waals surface area (Å²) in [6.07, 6.45) is 3.21. The normalized spacial score (nSPS) is 13.8. The highest BCUT2D eigenvalue weighted by molar-refractivity contribution is 7.18. The van der Waals surface area contributed by atoms with Crippen molar-refractivity contribution < 1.29 is 9.59 Å². The van der Waals surface area contributed by atoms with Crippen molar-refractivity contribution in [2.75, 3.05) is 31.3 Å². The Morgan fingerprint density at radius 3 is 2.71 bits per heavy atom. The molecular weight excluding hydrogens is 290 g/mol. The molecule has 0 aromatic carbocycles. The van der Waals surface area contributed by atoms with E-state index in [1.165, 1.54) is 11.3 Å². The monoisotopic (exact) mass is 311 g/mol. The van der Waals surface area contributed by atoms with E-state index in [9.17, 15) is 9.59 Å². The van der Waals surface area contributed by atoms with E-state index >= 15 is 0 Å². The number of nitrogens with one attached hydrogen (secondary N) is 2. The molecule has 1 aromatic rings. The molecule has 1 aromatic heterocycles. The van der Waals surface area contributed by atoms with Gasteiger partial charge in [-0.1, -0.05) is 11.3 Å². The Balaban J connectivity index is 1.72. The molecule has 0 aliphatic heterocycles. The number of carbonyl (C=O) groups is 2. The van der Waals surface area contributed by atoms with Crippen molar-refractivity contribution in [3.8, 4) is 0 Å². The van der Waals surface area contributed by atoms with Gasteiger partial charge < -0.3 is 21.3 Å². The fraction of sp³-hybridized carbons (Fsp3) is 0.615. The van der Waals surface area contributed by atoms with E-state index in [0.29, 0.717) is 35.4 Å². The van der Waals surface area contributed by atoms with Gasteiger partial charge in [-0.3, -0.25) is 9.59 Å². The Morgan fingerprint density at radius 2 is 2.14 bits per heavy atom. The van der Waals surface area contributed by atoms with Crippen LogP contribution >= 0.6 is 11.3 Å². The minimum absolute atomic E-state index is 0.0546. The van der Waals surface area contributed by atoms with Crippen LogP contribution in [-0.2, 0) is 4.79 Å². The lowest BCUT2D eigenvalue weighted by molar-refractivity contribution is -0.121. The second-order valence-corrected chi connectivity index (χ2v) is 6.28. The van der Waals surface area contributed by atoms with Gasteiger partial charge in [-0.25, -0.2) is 4.98 Å². The summed E-state index contributed by atoms with van der Waals surface area (Å²) < 4.78 is 0. The first-order valence-corrected chi connectivity index (χ1v) is 7.80. The predicted molar refractivity (Wildman–Crippen MR) is 83.6 cm³/mol. The first-order valence-electron chi connectivity index (χ1n) is 6.98. The number of hydrogen-bond acceptors (Lipinski definition) is 6. The molecule has 0 atom stereocenters. The number of thiazole rings is 1. The first-order chi connectivity index (χ1) is 9.97. The molecular formula is C13H21N5O2S. The summed E-state index contributed by atoms with van der Waals surface area (Å²) in [4.78, 5) is 29.8. The van der Waals surface area contributed by atoms with Crippen LogP contribution in [0.3, 0.4) is 0 Å². The number of nitrogens with two attached hydrogens (primary N) is 1. The zero-order valence-corrected chi connectivity index (χ0v) is 13.1. The minimum atomic E-state index is -0.235. The van der Waals surface area contributed by atoms with Crippen LogP contribution in [0.1, 0.15) is 35.4 Å². The summed E-state index contributed by atoms with van der Waals surface area (Å²) in [5.74, 6) is 0.0623. The van der Waals surface area contributed by atoms with Crippen LogP contribution in [0.4, 0.5) is 10.9 Å². The molecule has 1 heterocycles. The Hall–Kier alpha value is -1.83. The van der Waals surface area contributed by atoms with Crippen molar-refractivity contribution in [3.05, 3.63) is 4.88 Å². The molecule has 4 N–H and O–H groups in total. The van der Waals surface area contributed by atoms with Crippen LogP contribution in [0.15, 0.2) is 0 Å². The molecule has 2 rings (SSSR count). The maximum absolute atomic E-state index is 12.0. The van der Waals surface area contributed by atoms with Gasteiger partial charge in [0, 0.05) is 33.1 Å². The quantitative estimate of drug-likeness (QED) is 0.640. The molecule has 0 unspecified atom stereocenters. The second-order valence-electron chi connectivity index (χ2n) is 5.31. The van der Waals surface area contributed by atoms with E-state index in [1.807, 2.05) is 14.1 Å². The topological polar surface area (TPSA) is 100 Å². The third-order valence-electron chi connectivity index (χ3n) is 3.04. The first kappa shape index (κ1) is 15.6. The van der Waals surface area contributed by atoms with Crippen molar-refractivity contribution in [1.82, 2.24) is 15.6 Å². The molecule has 1 fully saturated rings. The maximum Gasteiger partial charge on any atom is 0.265 e. The molecule has 1 saturated carbocycles. The van der Waals surface area contributed by atoms with Gasteiger partial charge in [-0.05, 0) is 19.3 Å². The average molecular weight is 311 g/mol. The number of amides is 2. The number of carbonyl (C=O) groups excluding carboxylic acids is 2. The van der Waals surface area contributed by atoms with Crippen LogP contribution < -0.4 is 21.3 Å². The smallest absolute Gasteiger partial charge is 0.265 e. The third-order valence-corrected chi connectivity index (χ3v) is 4.28. The van der Waals surface area contributed by atoms with Crippen molar-refractivity contribution in [2.45, 2.75) is 31.7 Å². The van der Waals surface area contributed by atoms with Gasteiger partial charge in [0.1, 0.15) is 10.7 Å². The van der Waals surface area contributed by atoms with Crippen LogP contribution in [0.2, 0.25) is 0 Å². The van der Waals surface area contributed by atoms with Crippen LogP contribution in [-0.4, -0.2) is 43.5 Å². The standard InChI is InChI=1S/C13H21N5O2S/c1-18(2)13-17-11(14)10(21-13)12(20)15-7-3-4-9(19)16-8-5-6-8/h8H,3-7,14H2,1-2H3,(H,15,20)(H,16,19). The summed E-state index contributed by atoms with van der Waals surface area (Å²) in [7, 11) is 3.69. The van der Waals surface area contributed by atoms with Gasteiger partial charge in [-0.15, -0.1) is 0 Å². The lowest BCUT2D eigenvalue weighted by Crippen LogP contribution is -2.28. The molecule has 21 heavy (non-hydrogen) atoms. The summed E-state index contributed by atoms with van der Waals surface area (Å²) in [6.45, 7) is 0.450. The number of anilines is 2. The van der Waals surface area contributed by atoms with Crippen LogP contribution in [0, 0.1) is 0 Å². The molecule has 2 amide bonds. The molecule has 0 spiro atoms. The summed E-state index contributed by atoms with van der Waals surface area (Å²) in [5, 5.41) is 6.38. The van der Waals surface area contributed by atoms with E-state index in [4.69, 9.17) is 5.73 Å². The van der Waals surface area contributed by atoms with Gasteiger partial charge in [-0.2, -0.15) is 0 Å². The summed E-state index contributed by atoms with van der Waals surface area (Å²) in [6, 6.07) is 0.383. The number of hydrogen-bond donors (Lipinski definition) is 3. The molecule has 0 radical (unpaired) electrons. The highest BCUT2D eigenvalue weighted by Gasteiger charge is 2.22. The van der Waals surface area contributed by atoms with Crippen molar-refractivity contribution in [3.63, 3.8) is 0 Å². The van der Waals surface area contributed by atoms with E-state index in [-0.39, 0.29) is 17.6 Å². The maximum atomic E-state index is 12.0. The fourth-order valence-electron chi connectivity index (χ4n) is 1.73. The number of rotatable bonds is 7. The van der Waals surface area contributed by atoms with Gasteiger partial charge >= 0.3 is 0 Å². The fourth-order valence-corrected chi connectivity index (χ4v) is 2.56. The molecule has 0 bridgehead atoms. The average Bonchev–Trinajstić information content (AvgIpc) is 3.13. The van der Waals surface area contributed by atoms with Crippen molar-refractivity contribution >= 4 is 34.1 Å². The lowest BCUT2D eigenvalue weighted by atomic mass is 10.3. The number of nitrogens with zero attached hydrogens (tertiary/aromatic N) is 2. The molecule has 8 heteroatoms. The number of aromatic nitrogens is 1. The Labute approximate surface area is 127 Å². The highest BCUT2D eigenvalue weighted by atomic mass is 32.1. The number of nitrogen functional groups attached to an aromatic ring is 1. The van der Waals surface area contributed by atoms with Crippen molar-refractivity contribution in [1.29, 1.82) is 0 Å². The second kappa shape index (κ2) is 6.75.